The second kappa shape index (κ2) is 11.6. The molecule has 0 aliphatic carbocycles. The fraction of sp³-hybridized carbons (Fsp3) is 0.261. The molecule has 2 aromatic rings. The number of aliphatic hydroxyl groups is 1. The highest BCUT2D eigenvalue weighted by Crippen LogP contribution is 2.48. The van der Waals surface area contributed by atoms with Gasteiger partial charge in [-0.3, -0.25) is 4.98 Å². The summed E-state index contributed by atoms with van der Waals surface area (Å²) in [5.41, 5.74) is 1.70. The van der Waals surface area contributed by atoms with Crippen LogP contribution >= 0.6 is 23.2 Å². The lowest BCUT2D eigenvalue weighted by Crippen LogP contribution is -2.50. The average molecular weight is 532 g/mol. The topological polar surface area (TPSA) is 108 Å². The number of alkyl halides is 3. The van der Waals surface area contributed by atoms with Crippen LogP contribution in [0.1, 0.15) is 34.6 Å². The summed E-state index contributed by atoms with van der Waals surface area (Å²) in [5.74, 6) is -1.98. The molecule has 2 atom stereocenters. The van der Waals surface area contributed by atoms with Gasteiger partial charge in [0.25, 0.3) is 0 Å². The summed E-state index contributed by atoms with van der Waals surface area (Å²) in [6.07, 6.45) is 0.0576. The van der Waals surface area contributed by atoms with Crippen molar-refractivity contribution in [3.8, 4) is 5.75 Å². The van der Waals surface area contributed by atoms with E-state index in [1.165, 1.54) is 44.6 Å². The van der Waals surface area contributed by atoms with Crippen LogP contribution in [-0.4, -0.2) is 39.9 Å². The first-order valence-electron chi connectivity index (χ1n) is 9.90. The van der Waals surface area contributed by atoms with Crippen LogP contribution in [0.25, 0.3) is 0 Å². The number of carbonyl (C=O) groups excluding carboxylic acids is 1. The number of benzene rings is 1. The number of esters is 1. The summed E-state index contributed by atoms with van der Waals surface area (Å²) in [6.45, 7) is 4.47. The second-order valence-corrected chi connectivity index (χ2v) is 8.14. The highest BCUT2D eigenvalue weighted by molar-refractivity contribution is 6.31. The third-order valence-corrected chi connectivity index (χ3v) is 5.45. The van der Waals surface area contributed by atoms with Crippen LogP contribution in [0.15, 0.2) is 66.1 Å². The third kappa shape index (κ3) is 6.53. The van der Waals surface area contributed by atoms with Gasteiger partial charge in [0.15, 0.2) is 11.3 Å². The minimum absolute atomic E-state index is 0.00225. The number of rotatable bonds is 9. The molecule has 2 rings (SSSR count). The minimum atomic E-state index is -5.11. The van der Waals surface area contributed by atoms with Gasteiger partial charge >= 0.3 is 12.1 Å². The average Bonchev–Trinajstić information content (AvgIpc) is 2.80. The molecule has 35 heavy (non-hydrogen) atoms. The maximum atomic E-state index is 14.1. The Morgan fingerprint density at radius 1 is 1.31 bits per heavy atom. The Hall–Kier alpha value is -3.08. The van der Waals surface area contributed by atoms with E-state index in [9.17, 15) is 23.1 Å². The van der Waals surface area contributed by atoms with Crippen molar-refractivity contribution >= 4 is 29.2 Å². The van der Waals surface area contributed by atoms with Crippen LogP contribution in [0.4, 0.5) is 13.2 Å². The van der Waals surface area contributed by atoms with Crippen molar-refractivity contribution in [3.05, 3.63) is 88.1 Å². The number of hydrogen-bond acceptors (Lipinski definition) is 7. The fourth-order valence-electron chi connectivity index (χ4n) is 3.19. The quantitative estimate of drug-likeness (QED) is 0.344. The summed E-state index contributed by atoms with van der Waals surface area (Å²) < 4.78 is 52.5. The predicted octanol–water partition coefficient (Wildman–Crippen LogP) is 5.04. The molecular formula is C23H22Cl2F3N3O4. The van der Waals surface area contributed by atoms with E-state index >= 15 is 0 Å². The lowest BCUT2D eigenvalue weighted by atomic mass is 9.77. The van der Waals surface area contributed by atoms with Gasteiger partial charge in [-0.2, -0.15) is 13.2 Å². The van der Waals surface area contributed by atoms with Crippen LogP contribution in [0.3, 0.4) is 0 Å². The zero-order valence-electron chi connectivity index (χ0n) is 18.6. The van der Waals surface area contributed by atoms with Gasteiger partial charge in [-0.15, -0.1) is 0 Å². The van der Waals surface area contributed by atoms with E-state index < -0.39 is 29.2 Å². The molecule has 2 unspecified atom stereocenters. The molecule has 7 nitrogen and oxygen atoms in total. The van der Waals surface area contributed by atoms with E-state index in [-0.39, 0.29) is 33.7 Å². The number of methoxy groups -OCH3 is 1. The lowest BCUT2D eigenvalue weighted by molar-refractivity contribution is -0.250. The molecular weight excluding hydrogens is 510 g/mol. The molecule has 0 radical (unpaired) electrons. The first-order chi connectivity index (χ1) is 16.3. The first-order valence-corrected chi connectivity index (χ1v) is 10.7. The summed E-state index contributed by atoms with van der Waals surface area (Å²) in [5, 5.41) is 10.6. The smallest absolute Gasteiger partial charge is 0.422 e. The summed E-state index contributed by atoms with van der Waals surface area (Å²) in [4.78, 5) is 19.3. The Balaban J connectivity index is 2.32. The van der Waals surface area contributed by atoms with Crippen LogP contribution in [0.2, 0.25) is 5.02 Å². The Kier molecular flexibility index (Phi) is 9.31. The Morgan fingerprint density at radius 3 is 2.49 bits per heavy atom. The molecule has 1 aromatic carbocycles. The van der Waals surface area contributed by atoms with Crippen molar-refractivity contribution in [3.63, 3.8) is 0 Å². The minimum Gasteiger partial charge on any atom is -0.487 e. The van der Waals surface area contributed by atoms with Crippen molar-refractivity contribution in [1.82, 2.24) is 9.97 Å². The third-order valence-electron chi connectivity index (χ3n) is 5.01. The molecule has 0 saturated heterocycles. The van der Waals surface area contributed by atoms with Gasteiger partial charge in [0.1, 0.15) is 12.4 Å². The summed E-state index contributed by atoms with van der Waals surface area (Å²) in [6, 6.07) is 4.01. The number of halogens is 5. The lowest BCUT2D eigenvalue weighted by Gasteiger charge is -2.37. The summed E-state index contributed by atoms with van der Waals surface area (Å²) >= 11 is 12.0. The van der Waals surface area contributed by atoms with E-state index in [1.807, 2.05) is 0 Å². The van der Waals surface area contributed by atoms with Crippen molar-refractivity contribution in [2.45, 2.75) is 31.2 Å². The zero-order chi connectivity index (χ0) is 26.4. The van der Waals surface area contributed by atoms with E-state index in [2.05, 4.69) is 21.3 Å². The molecule has 0 spiro atoms. The van der Waals surface area contributed by atoms with E-state index in [0.717, 1.165) is 18.4 Å². The number of nitrogens with two attached hydrogens (primary N) is 1. The number of hydrogen-bond donors (Lipinski definition) is 2. The number of allylic oxidation sites excluding steroid dienone is 2. The number of ether oxygens (including phenoxy) is 2. The van der Waals surface area contributed by atoms with Gasteiger partial charge in [0, 0.05) is 16.0 Å². The number of nitrogens with zero attached hydrogens (tertiary/aromatic N) is 2. The maximum absolute atomic E-state index is 14.1. The normalized spacial score (nSPS) is 14.9. The molecule has 188 valence electrons. The van der Waals surface area contributed by atoms with E-state index in [1.54, 1.807) is 0 Å². The Labute approximate surface area is 209 Å². The maximum Gasteiger partial charge on any atom is 0.422 e. The first kappa shape index (κ1) is 28.2. The molecule has 12 heteroatoms. The molecule has 0 fully saturated rings. The highest BCUT2D eigenvalue weighted by atomic mass is 35.5. The number of carbonyl (C=O) groups is 1. The van der Waals surface area contributed by atoms with Crippen molar-refractivity contribution in [2.75, 3.05) is 7.11 Å². The van der Waals surface area contributed by atoms with Crippen LogP contribution in [0, 0.1) is 0 Å². The molecule has 0 aliphatic rings. The molecule has 1 heterocycles. The largest absolute Gasteiger partial charge is 0.487 e. The molecule has 0 bridgehead atoms. The predicted molar refractivity (Wildman–Crippen MR) is 125 cm³/mol. The van der Waals surface area contributed by atoms with Gasteiger partial charge in [-0.1, -0.05) is 42.8 Å². The van der Waals surface area contributed by atoms with Crippen molar-refractivity contribution in [2.24, 2.45) is 5.73 Å². The van der Waals surface area contributed by atoms with Crippen LogP contribution in [0.5, 0.6) is 5.75 Å². The van der Waals surface area contributed by atoms with E-state index in [4.69, 9.17) is 33.7 Å². The SMILES string of the molecule is C=C(Cl)/C=C(\C=C/N)C(O)(C(C)c1ccc(OCc2cnc(C(=O)OC)cn2)cc1Cl)C(F)(F)F. The standard InChI is InChI=1S/C23H22Cl2F3N3O4/c1-13(24)8-15(6-7-29)22(33,23(26,27)28)14(2)18-5-4-17(9-19(18)25)35-12-16-10-31-20(11-30-16)21(32)34-3/h4-11,14,33H,1,12,29H2,2-3H3/b7-6-,15-8+. The van der Waals surface area contributed by atoms with Crippen molar-refractivity contribution < 1.29 is 32.5 Å². The van der Waals surface area contributed by atoms with Gasteiger partial charge in [-0.05, 0) is 41.6 Å². The Bertz CT molecular complexity index is 1140. The molecule has 0 saturated carbocycles. The van der Waals surface area contributed by atoms with Crippen LogP contribution < -0.4 is 10.5 Å². The van der Waals surface area contributed by atoms with Gasteiger partial charge in [0.2, 0.25) is 0 Å². The molecule has 0 aliphatic heterocycles. The number of aromatic nitrogens is 2. The molecule has 3 N–H and O–H groups in total. The summed E-state index contributed by atoms with van der Waals surface area (Å²) in [7, 11) is 1.21. The van der Waals surface area contributed by atoms with E-state index in [0.29, 0.717) is 5.69 Å². The van der Waals surface area contributed by atoms with Gasteiger partial charge in [-0.25, -0.2) is 9.78 Å². The van der Waals surface area contributed by atoms with Gasteiger partial charge < -0.3 is 20.3 Å². The van der Waals surface area contributed by atoms with Crippen molar-refractivity contribution in [1.29, 1.82) is 0 Å². The molecule has 0 amide bonds. The second-order valence-electron chi connectivity index (χ2n) is 7.25. The van der Waals surface area contributed by atoms with Crippen LogP contribution in [-0.2, 0) is 11.3 Å². The highest BCUT2D eigenvalue weighted by Gasteiger charge is 2.59. The van der Waals surface area contributed by atoms with Gasteiger partial charge in [0.05, 0.1) is 25.2 Å². The monoisotopic (exact) mass is 531 g/mol. The zero-order valence-corrected chi connectivity index (χ0v) is 20.2. The fourth-order valence-corrected chi connectivity index (χ4v) is 3.64. The Morgan fingerprint density at radius 2 is 2.00 bits per heavy atom. The molecule has 1 aromatic heterocycles.